The summed E-state index contributed by atoms with van der Waals surface area (Å²) in [6, 6.07) is 8.24. The second-order valence-electron chi connectivity index (χ2n) is 6.67. The van der Waals surface area contributed by atoms with Gasteiger partial charge in [-0.15, -0.1) is 24.0 Å². The monoisotopic (exact) mass is 486 g/mol. The highest BCUT2D eigenvalue weighted by Gasteiger charge is 2.29. The van der Waals surface area contributed by atoms with E-state index in [2.05, 4.69) is 46.6 Å². The number of aryl methyl sites for hydroxylation is 1. The van der Waals surface area contributed by atoms with Crippen LogP contribution in [0.1, 0.15) is 31.2 Å². The van der Waals surface area contributed by atoms with Crippen LogP contribution in [0.25, 0.3) is 11.3 Å². The lowest BCUT2D eigenvalue weighted by atomic mass is 10.1. The average Bonchev–Trinajstić information content (AvgIpc) is 3.25. The van der Waals surface area contributed by atoms with E-state index in [1.165, 1.54) is 24.2 Å². The number of guanidine groups is 1. The minimum Gasteiger partial charge on any atom is -0.439 e. The molecule has 26 heavy (non-hydrogen) atoms. The highest BCUT2D eigenvalue weighted by atomic mass is 127. The quantitative estimate of drug-likeness (QED) is 0.377. The molecule has 1 unspecified atom stereocenters. The first-order valence-corrected chi connectivity index (χ1v) is 9.67. The Balaban J connectivity index is 0.00000243. The molecular formula is C19H27IN4OS. The van der Waals surface area contributed by atoms with Crippen molar-refractivity contribution in [2.45, 2.75) is 38.0 Å². The van der Waals surface area contributed by atoms with Crippen molar-refractivity contribution in [3.63, 3.8) is 0 Å². The van der Waals surface area contributed by atoms with E-state index >= 15 is 0 Å². The van der Waals surface area contributed by atoms with Crippen LogP contribution in [0, 0.1) is 6.92 Å². The van der Waals surface area contributed by atoms with Crippen LogP contribution >= 0.6 is 35.7 Å². The smallest absolute Gasteiger partial charge is 0.214 e. The number of rotatable bonds is 5. The second kappa shape index (κ2) is 9.64. The molecule has 0 spiro atoms. The molecule has 1 saturated heterocycles. The Kier molecular flexibility index (Phi) is 7.82. The summed E-state index contributed by atoms with van der Waals surface area (Å²) in [5.41, 5.74) is 2.27. The Morgan fingerprint density at radius 2 is 2.08 bits per heavy atom. The van der Waals surface area contributed by atoms with Crippen LogP contribution in [-0.4, -0.2) is 35.0 Å². The number of benzene rings is 1. The molecule has 2 heterocycles. The Labute approximate surface area is 176 Å². The highest BCUT2D eigenvalue weighted by Crippen LogP contribution is 2.36. The van der Waals surface area contributed by atoms with Crippen LogP contribution in [0.5, 0.6) is 0 Å². The normalized spacial score (nSPS) is 19.9. The molecule has 7 heteroatoms. The molecule has 2 aromatic rings. The number of oxazole rings is 1. The van der Waals surface area contributed by atoms with E-state index in [0.29, 0.717) is 17.2 Å². The Hall–Kier alpha value is -1.22. The van der Waals surface area contributed by atoms with Crippen molar-refractivity contribution in [1.29, 1.82) is 0 Å². The zero-order valence-electron chi connectivity index (χ0n) is 15.5. The molecule has 142 valence electrons. The Bertz CT molecular complexity index is 723. The standard InChI is InChI=1S/C19H26N4OS.HI/c1-14-5-7-15(8-6-14)16-11-21-17(24-16)12-22-18(20-3)23-13-19(2)9-4-10-25-19;/h5-8,11H,4,9-10,12-13H2,1-3H3,(H2,20,22,23);1H. The zero-order chi connectivity index (χ0) is 17.7. The van der Waals surface area contributed by atoms with Gasteiger partial charge in [0.25, 0.3) is 0 Å². The number of aliphatic imine (C=N–C) groups is 1. The van der Waals surface area contributed by atoms with Gasteiger partial charge >= 0.3 is 0 Å². The van der Waals surface area contributed by atoms with Crippen LogP contribution in [0.3, 0.4) is 0 Å². The van der Waals surface area contributed by atoms with Crippen LogP contribution in [0.2, 0.25) is 0 Å². The molecule has 0 bridgehead atoms. The summed E-state index contributed by atoms with van der Waals surface area (Å²) in [5, 5.41) is 6.69. The predicted molar refractivity (Wildman–Crippen MR) is 120 cm³/mol. The Morgan fingerprint density at radius 1 is 1.31 bits per heavy atom. The number of aromatic nitrogens is 1. The molecule has 1 aromatic heterocycles. The summed E-state index contributed by atoms with van der Waals surface area (Å²) in [6.45, 7) is 5.81. The highest BCUT2D eigenvalue weighted by molar-refractivity contribution is 14.0. The fourth-order valence-corrected chi connectivity index (χ4v) is 4.11. The van der Waals surface area contributed by atoms with Gasteiger partial charge in [-0.2, -0.15) is 11.8 Å². The first kappa shape index (κ1) is 21.1. The summed E-state index contributed by atoms with van der Waals surface area (Å²) < 4.78 is 6.15. The third-order valence-electron chi connectivity index (χ3n) is 4.45. The van der Waals surface area contributed by atoms with Gasteiger partial charge < -0.3 is 15.1 Å². The van der Waals surface area contributed by atoms with E-state index < -0.39 is 0 Å². The summed E-state index contributed by atoms with van der Waals surface area (Å²) in [5.74, 6) is 3.47. The van der Waals surface area contributed by atoms with Crippen LogP contribution < -0.4 is 10.6 Å². The lowest BCUT2D eigenvalue weighted by Crippen LogP contribution is -2.43. The van der Waals surface area contributed by atoms with Gasteiger partial charge in [-0.3, -0.25) is 4.99 Å². The number of hydrogen-bond donors (Lipinski definition) is 2. The minimum absolute atomic E-state index is 0. The van der Waals surface area contributed by atoms with Crippen molar-refractivity contribution in [2.75, 3.05) is 19.3 Å². The van der Waals surface area contributed by atoms with Crippen LogP contribution in [0.15, 0.2) is 39.9 Å². The number of hydrogen-bond acceptors (Lipinski definition) is 4. The lowest BCUT2D eigenvalue weighted by Gasteiger charge is -2.24. The van der Waals surface area contributed by atoms with Gasteiger partial charge in [0.05, 0.1) is 12.7 Å². The van der Waals surface area contributed by atoms with E-state index in [4.69, 9.17) is 4.42 Å². The fraction of sp³-hybridized carbons (Fsp3) is 0.474. The molecule has 0 saturated carbocycles. The van der Waals surface area contributed by atoms with Gasteiger partial charge in [-0.25, -0.2) is 4.98 Å². The van der Waals surface area contributed by atoms with Gasteiger partial charge in [-0.1, -0.05) is 29.8 Å². The van der Waals surface area contributed by atoms with Crippen molar-refractivity contribution >= 4 is 41.7 Å². The number of halogens is 1. The zero-order valence-corrected chi connectivity index (χ0v) is 18.7. The summed E-state index contributed by atoms with van der Waals surface area (Å²) >= 11 is 2.04. The molecule has 1 aliphatic rings. The summed E-state index contributed by atoms with van der Waals surface area (Å²) in [4.78, 5) is 8.64. The van der Waals surface area contributed by atoms with Crippen LogP contribution in [0.4, 0.5) is 0 Å². The summed E-state index contributed by atoms with van der Waals surface area (Å²) in [6.07, 6.45) is 4.32. The second-order valence-corrected chi connectivity index (χ2v) is 8.35. The molecule has 5 nitrogen and oxygen atoms in total. The van der Waals surface area contributed by atoms with Crippen LogP contribution in [-0.2, 0) is 6.54 Å². The topological polar surface area (TPSA) is 62.5 Å². The number of nitrogens with zero attached hydrogens (tertiary/aromatic N) is 2. The molecule has 0 radical (unpaired) electrons. The van der Waals surface area contributed by atoms with Gasteiger partial charge in [0.2, 0.25) is 5.89 Å². The maximum Gasteiger partial charge on any atom is 0.214 e. The largest absolute Gasteiger partial charge is 0.439 e. The van der Waals surface area contributed by atoms with Gasteiger partial charge in [0.15, 0.2) is 11.7 Å². The lowest BCUT2D eigenvalue weighted by molar-refractivity contribution is 0.496. The average molecular weight is 486 g/mol. The molecular weight excluding hydrogens is 459 g/mol. The van der Waals surface area contributed by atoms with Crippen molar-refractivity contribution in [3.8, 4) is 11.3 Å². The molecule has 2 N–H and O–H groups in total. The molecule has 3 rings (SSSR count). The van der Waals surface area contributed by atoms with Gasteiger partial charge in [-0.05, 0) is 32.4 Å². The maximum absolute atomic E-state index is 5.84. The van der Waals surface area contributed by atoms with Crippen molar-refractivity contribution in [1.82, 2.24) is 15.6 Å². The third kappa shape index (κ3) is 5.64. The maximum atomic E-state index is 5.84. The van der Waals surface area contributed by atoms with E-state index in [1.54, 1.807) is 13.2 Å². The van der Waals surface area contributed by atoms with Crippen molar-refractivity contribution in [3.05, 3.63) is 41.9 Å². The Morgan fingerprint density at radius 3 is 2.73 bits per heavy atom. The van der Waals surface area contributed by atoms with Gasteiger partial charge in [0.1, 0.15) is 0 Å². The molecule has 1 fully saturated rings. The summed E-state index contributed by atoms with van der Waals surface area (Å²) in [7, 11) is 1.78. The first-order valence-electron chi connectivity index (χ1n) is 8.68. The molecule has 1 aliphatic heterocycles. The van der Waals surface area contributed by atoms with E-state index in [0.717, 1.165) is 23.8 Å². The molecule has 0 aliphatic carbocycles. The molecule has 1 atom stereocenters. The van der Waals surface area contributed by atoms with Gasteiger partial charge in [0, 0.05) is 23.9 Å². The third-order valence-corrected chi connectivity index (χ3v) is 5.99. The SMILES string of the molecule is CN=C(NCc1ncc(-c2ccc(C)cc2)o1)NCC1(C)CCCS1.I. The predicted octanol–water partition coefficient (Wildman–Crippen LogP) is 4.22. The number of nitrogens with one attached hydrogen (secondary N) is 2. The fourth-order valence-electron chi connectivity index (χ4n) is 2.87. The molecule has 0 amide bonds. The molecule has 1 aromatic carbocycles. The van der Waals surface area contributed by atoms with E-state index in [-0.39, 0.29) is 24.0 Å². The minimum atomic E-state index is 0. The van der Waals surface area contributed by atoms with E-state index in [9.17, 15) is 0 Å². The number of thioether (sulfide) groups is 1. The van der Waals surface area contributed by atoms with Crippen molar-refractivity contribution in [2.24, 2.45) is 4.99 Å². The van der Waals surface area contributed by atoms with Crippen molar-refractivity contribution < 1.29 is 4.42 Å². The van der Waals surface area contributed by atoms with E-state index in [1.807, 2.05) is 23.9 Å². The first-order chi connectivity index (χ1) is 12.1.